The molecule has 2 saturated heterocycles. The second-order valence-corrected chi connectivity index (χ2v) is 43.9. The van der Waals surface area contributed by atoms with Gasteiger partial charge in [-0.1, -0.05) is 303 Å². The number of fused-ring (bicyclic) bond motifs is 18. The number of rotatable bonds is 0. The van der Waals surface area contributed by atoms with Gasteiger partial charge in [-0.2, -0.15) is 0 Å². The van der Waals surface area contributed by atoms with E-state index in [1.54, 1.807) is 23.7 Å². The number of hydrogen-bond acceptors (Lipinski definition) is 13. The number of benzene rings is 10. The molecule has 140 heavy (non-hydrogen) atoms. The lowest BCUT2D eigenvalue weighted by molar-refractivity contribution is -0.136. The van der Waals surface area contributed by atoms with Gasteiger partial charge in [-0.25, -0.2) is 14.8 Å². The highest BCUT2D eigenvalue weighted by atomic mass is 127. The van der Waals surface area contributed by atoms with Crippen molar-refractivity contribution in [3.05, 3.63) is 346 Å². The van der Waals surface area contributed by atoms with Crippen LogP contribution in [-0.2, 0) is 142 Å². The van der Waals surface area contributed by atoms with Crippen molar-refractivity contribution >= 4 is 208 Å². The predicted molar refractivity (Wildman–Crippen MR) is 611 cm³/mol. The Morgan fingerprint density at radius 1 is 0.386 bits per heavy atom. The van der Waals surface area contributed by atoms with Gasteiger partial charge in [0, 0.05) is 69.1 Å². The van der Waals surface area contributed by atoms with E-state index in [2.05, 4.69) is 323 Å². The highest BCUT2D eigenvalue weighted by molar-refractivity contribution is 14.1. The predicted octanol–water partition coefficient (Wildman–Crippen LogP) is 24.8. The van der Waals surface area contributed by atoms with E-state index in [1.807, 2.05) is 36.4 Å². The number of likely N-dealkylation sites (N-methyl/N-ethyl adjacent to an activating group) is 2. The number of thioether (sulfide) groups is 1. The van der Waals surface area contributed by atoms with E-state index < -0.39 is 22.2 Å². The fourth-order valence-corrected chi connectivity index (χ4v) is 28.3. The minimum absolute atomic E-state index is 0. The lowest BCUT2D eigenvalue weighted by Crippen LogP contribution is -2.55. The Morgan fingerprint density at radius 3 is 0.964 bits per heavy atom. The minimum atomic E-state index is -0.967. The lowest BCUT2D eigenvalue weighted by Gasteiger charge is -2.42. The van der Waals surface area contributed by atoms with Gasteiger partial charge in [0.25, 0.3) is 23.6 Å². The van der Waals surface area contributed by atoms with Gasteiger partial charge in [-0.05, 0) is 350 Å². The third-order valence-corrected chi connectivity index (χ3v) is 35.5. The number of aryl methyl sites for hydroxylation is 10. The third-order valence-electron chi connectivity index (χ3n) is 32.1. The summed E-state index contributed by atoms with van der Waals surface area (Å²) in [5.41, 5.74) is 31.2. The van der Waals surface area contributed by atoms with Crippen molar-refractivity contribution in [2.24, 2.45) is 48.5 Å². The number of halogens is 7. The molecule has 7 amide bonds. The maximum Gasteiger partial charge on any atom is 0.322 e. The molecule has 2 fully saturated rings. The van der Waals surface area contributed by atoms with Crippen LogP contribution in [0.1, 0.15) is 217 Å². The molecular formula is C113H130Br5I2N11O7S2. The summed E-state index contributed by atoms with van der Waals surface area (Å²) in [6.07, 6.45) is 26.1. The molecular weight excluding hydrogens is 2340 g/mol. The lowest BCUT2D eigenvalue weighted by atomic mass is 9.65. The first-order chi connectivity index (χ1) is 64.1. The van der Waals surface area contributed by atoms with Crippen molar-refractivity contribution < 1.29 is 33.6 Å². The molecule has 4 heterocycles. The molecule has 10 aliphatic carbocycles. The van der Waals surface area contributed by atoms with Crippen molar-refractivity contribution in [3.8, 4) is 0 Å². The topological polar surface area (TPSA) is 286 Å². The summed E-state index contributed by atoms with van der Waals surface area (Å²) in [5.74, 6) is 0.652. The molecule has 4 unspecified atom stereocenters. The number of nitrogens with zero attached hydrogens (tertiary/aromatic N) is 4. The van der Waals surface area contributed by atoms with Crippen molar-refractivity contribution in [3.63, 3.8) is 0 Å². The number of amides is 7. The summed E-state index contributed by atoms with van der Waals surface area (Å²) in [4.78, 5) is 103. The molecule has 0 radical (unpaired) electrons. The number of nitrogens with one attached hydrogen (secondary N) is 4. The Morgan fingerprint density at radius 2 is 0.664 bits per heavy atom. The third kappa shape index (κ3) is 19.0. The number of primary amides is 1. The van der Waals surface area contributed by atoms with Crippen LogP contribution in [0.5, 0.6) is 0 Å². The number of imide groups is 1. The normalized spacial score (nSPS) is 22.4. The van der Waals surface area contributed by atoms with E-state index >= 15 is 0 Å². The number of carbonyl (C=O) groups is 7. The van der Waals surface area contributed by atoms with Gasteiger partial charge >= 0.3 is 6.03 Å². The van der Waals surface area contributed by atoms with Crippen molar-refractivity contribution in [2.45, 2.75) is 220 Å². The van der Waals surface area contributed by atoms with Crippen molar-refractivity contribution in [2.75, 3.05) is 25.3 Å². The fraction of sp³-hybridized carbons (Fsp3) is 0.381. The summed E-state index contributed by atoms with van der Waals surface area (Å²) >= 11 is 26.9. The Labute approximate surface area is 909 Å². The molecule has 27 heteroatoms. The molecule has 740 valence electrons. The van der Waals surface area contributed by atoms with Crippen LogP contribution in [0.25, 0.3) is 0 Å². The summed E-state index contributed by atoms with van der Waals surface area (Å²) in [6.45, 7) is 0. The molecule has 10 aromatic carbocycles. The SMILES string of the molecule is C.C.C.C.C.CI.CN1C(=O)C2(N=C1N)c1cc(Br)ccc1CC21CCc2ccccc2CC1.CSC1=NC2(C(=O)N1C)c1cc(Br)ccc1CC21CCc2ccccc2CC1.I.N.NC=O.O=C1NC(=O)C2(N1)c1cc(Br)ccc1CC21CCc2ccccc2CC1.O=C1NC(=S)NC12c1cc(Br)ccc1CC21CCc2ccccc2CC1.O=C1c2cc(Br)ccc2CC12CCc1ccccc1CC2. The van der Waals surface area contributed by atoms with Gasteiger partial charge in [0.05, 0.1) is 0 Å². The van der Waals surface area contributed by atoms with Gasteiger partial charge in [0.1, 0.15) is 0 Å². The van der Waals surface area contributed by atoms with Gasteiger partial charge in [-0.15, -0.1) is 24.0 Å². The number of ketones is 1. The van der Waals surface area contributed by atoms with Gasteiger partial charge in [-0.3, -0.25) is 43.9 Å². The summed E-state index contributed by atoms with van der Waals surface area (Å²) in [5, 5.41) is 13.2. The van der Waals surface area contributed by atoms with E-state index in [-0.39, 0.29) is 130 Å². The molecule has 24 rings (SSSR count). The maximum absolute atomic E-state index is 13.8. The first-order valence-corrected chi connectivity index (χ1v) is 53.6. The first kappa shape index (κ1) is 112. The zero-order valence-corrected chi connectivity index (χ0v) is 90.0. The number of aliphatic imine (C=N–C) groups is 2. The van der Waals surface area contributed by atoms with Crippen LogP contribution >= 0.6 is 150 Å². The van der Waals surface area contributed by atoms with E-state index in [4.69, 9.17) is 32.7 Å². The van der Waals surface area contributed by atoms with Gasteiger partial charge < -0.3 is 33.6 Å². The number of urea groups is 1. The fourth-order valence-electron chi connectivity index (χ4n) is 25.6. The maximum atomic E-state index is 13.8. The number of nitrogens with two attached hydrogens (primary N) is 2. The smallest absolute Gasteiger partial charge is 0.322 e. The molecule has 4 atom stereocenters. The average Bonchev–Trinajstić information content (AvgIpc) is 1.54. The van der Waals surface area contributed by atoms with Crippen LogP contribution in [0.4, 0.5) is 4.79 Å². The molecule has 0 bridgehead atoms. The van der Waals surface area contributed by atoms with E-state index in [9.17, 15) is 28.8 Å². The Bertz CT molecular complexity index is 6230. The van der Waals surface area contributed by atoms with E-state index in [0.717, 1.165) is 221 Å². The Hall–Kier alpha value is -8.11. The molecule has 0 aromatic heterocycles. The molecule has 14 aliphatic rings. The number of hydrogen-bond donors (Lipinski definition) is 7. The second kappa shape index (κ2) is 44.9. The van der Waals surface area contributed by atoms with E-state index in [0.29, 0.717) is 16.9 Å². The van der Waals surface area contributed by atoms with Crippen LogP contribution in [0.15, 0.2) is 245 Å². The van der Waals surface area contributed by atoms with Crippen LogP contribution < -0.4 is 38.9 Å². The monoisotopic (exact) mass is 2470 g/mol. The Balaban J connectivity index is 0.000000164. The number of carbonyl (C=O) groups excluding carboxylic acids is 7. The number of guanidine groups is 1. The molecule has 11 N–H and O–H groups in total. The second-order valence-electron chi connectivity index (χ2n) is 38.1. The van der Waals surface area contributed by atoms with Crippen molar-refractivity contribution in [1.29, 1.82) is 0 Å². The molecule has 9 spiro atoms. The summed E-state index contributed by atoms with van der Waals surface area (Å²) < 4.78 is 4.92. The zero-order valence-electron chi connectivity index (χ0n) is 76.0. The summed E-state index contributed by atoms with van der Waals surface area (Å²) in [6, 6.07) is 74.2. The highest BCUT2D eigenvalue weighted by Gasteiger charge is 2.70. The number of alkyl halides is 1. The van der Waals surface area contributed by atoms with Crippen LogP contribution in [0, 0.1) is 27.1 Å². The molecule has 10 aromatic rings. The first-order valence-electron chi connectivity index (χ1n) is 45.8. The highest BCUT2D eigenvalue weighted by Crippen LogP contribution is 2.65. The standard InChI is InChI=1S/C23H23BrN2OS.C22H22BrN3O.C21H19BrN2O2.C21H19BrN2OS.C19H17BrO.CH3I.CH3NO.5CH4.HI.H3N/c1-26-20(27)23(25-21(26)28-2)19-13-18(24)8-7-17(19)14-22(23)11-9-15-5-3-4-6-16(15)10-12-22;1-26-19(27)22(25-20(26)24)18-12-17(23)7-6-16(18)13-21(22)10-8-14-4-2-3-5-15(14)9-11-21;2*22-16-6-5-15-12-20(9-7-13-3-1-2-4-14(13)8-10-20)21(17(15)11-16)18(25)23-19(26)24-21;20-16-6-5-15-12-19(18(21)17(15)11-16)9-7-13-3-1-2-4-14(13)8-10-19;1-2;2-1-3;;;;;;;/h3-8,13H,9-12,14H2,1-2H3;2-7,12H,8-11,13H2,1H3,(H2,24,25);2*1-6,11H,7-10,12H2,(H2,23,24,25,26);1-6,11H,7-10,12H2;1H3;1H,(H2,2,3);5*1H4;1H;1H3. The van der Waals surface area contributed by atoms with Crippen LogP contribution in [-0.4, -0.2) is 93.2 Å². The van der Waals surface area contributed by atoms with Gasteiger partial charge in [0.2, 0.25) is 6.41 Å². The van der Waals surface area contributed by atoms with Gasteiger partial charge in [0.15, 0.2) is 44.2 Å². The van der Waals surface area contributed by atoms with E-state index in [1.165, 1.54) is 82.8 Å². The van der Waals surface area contributed by atoms with Crippen molar-refractivity contribution in [1.82, 2.24) is 37.2 Å². The van der Waals surface area contributed by atoms with Crippen LogP contribution in [0.3, 0.4) is 0 Å². The number of thiocarbonyl (C=S) groups is 1. The molecule has 0 saturated carbocycles. The zero-order chi connectivity index (χ0) is 93.4. The largest absolute Gasteiger partial charge is 0.372 e. The minimum Gasteiger partial charge on any atom is -0.372 e. The quantitative estimate of drug-likeness (QED) is 0.0245. The average molecular weight is 2470 g/mol. The molecule has 4 aliphatic heterocycles. The number of Topliss-reactive ketones (excluding diaryl/α,β-unsaturated/α-hetero) is 1. The Kier molecular flexibility index (Phi) is 36.0. The molecule has 18 nitrogen and oxygen atoms in total. The van der Waals surface area contributed by atoms with Crippen LogP contribution in [0.2, 0.25) is 0 Å². The summed E-state index contributed by atoms with van der Waals surface area (Å²) in [7, 11) is 3.62. The number of amidine groups is 1.